The molecule has 0 atom stereocenters. The highest BCUT2D eigenvalue weighted by Gasteiger charge is 2.18. The van der Waals surface area contributed by atoms with E-state index in [0.717, 1.165) is 5.76 Å². The van der Waals surface area contributed by atoms with Crippen LogP contribution < -0.4 is 5.32 Å². The third kappa shape index (κ3) is 4.24. The summed E-state index contributed by atoms with van der Waals surface area (Å²) >= 11 is 0.233. The molecular weight excluding hydrogens is 350 g/mol. The molecule has 0 fully saturated rings. The Morgan fingerprint density at radius 1 is 1.32 bits per heavy atom. The molecule has 1 amide bonds. The number of thioether (sulfide) groups is 1. The number of pyridine rings is 1. The Kier molecular flexibility index (Phi) is 5.13. The van der Waals surface area contributed by atoms with E-state index in [4.69, 9.17) is 4.42 Å². The molecule has 6 nitrogen and oxygen atoms in total. The normalized spacial score (nSPS) is 11.0. The number of rotatable bonds is 6. The van der Waals surface area contributed by atoms with Crippen molar-refractivity contribution >= 4 is 23.5 Å². The maximum atomic E-state index is 12.6. The number of nitrogens with one attached hydrogen (secondary N) is 1. The number of aromatic nitrogens is 3. The largest absolute Gasteiger partial charge is 0.464 e. The lowest BCUT2D eigenvalue weighted by Gasteiger charge is -2.10. The van der Waals surface area contributed by atoms with Crippen LogP contribution in [0.5, 0.6) is 0 Å². The number of hydrogen-bond donors (Lipinski definition) is 1. The van der Waals surface area contributed by atoms with Crippen molar-refractivity contribution < 1.29 is 18.0 Å². The van der Waals surface area contributed by atoms with Gasteiger partial charge in [0.2, 0.25) is 0 Å². The van der Waals surface area contributed by atoms with Crippen LogP contribution in [0, 0.1) is 6.92 Å². The van der Waals surface area contributed by atoms with Gasteiger partial charge in [-0.25, -0.2) is 9.67 Å². The van der Waals surface area contributed by atoms with E-state index in [1.165, 1.54) is 24.5 Å². The van der Waals surface area contributed by atoms with Crippen LogP contribution in [-0.2, 0) is 6.54 Å². The number of carbonyl (C=O) groups excluding carboxylic acids is 1. The molecule has 0 aromatic carbocycles. The van der Waals surface area contributed by atoms with Gasteiger partial charge in [-0.3, -0.25) is 4.79 Å². The van der Waals surface area contributed by atoms with Gasteiger partial charge in [0.05, 0.1) is 11.8 Å². The Morgan fingerprint density at radius 3 is 2.88 bits per heavy atom. The highest BCUT2D eigenvalue weighted by molar-refractivity contribution is 7.99. The molecule has 0 saturated carbocycles. The zero-order valence-corrected chi connectivity index (χ0v) is 14.0. The van der Waals surface area contributed by atoms with Crippen molar-refractivity contribution in [3.63, 3.8) is 0 Å². The molecule has 3 heterocycles. The summed E-state index contributed by atoms with van der Waals surface area (Å²) in [5.41, 5.74) is 0.0781. The SMILES string of the molecule is Cc1ccc(Cn2nccc2NC(=O)c2cccnc2SC(F)F)o1. The van der Waals surface area contributed by atoms with Gasteiger partial charge in [-0.1, -0.05) is 0 Å². The molecule has 9 heteroatoms. The van der Waals surface area contributed by atoms with E-state index >= 15 is 0 Å². The maximum Gasteiger partial charge on any atom is 0.290 e. The molecule has 0 aliphatic heterocycles. The summed E-state index contributed by atoms with van der Waals surface area (Å²) in [6.45, 7) is 2.17. The fourth-order valence-corrected chi connectivity index (χ4v) is 2.79. The fraction of sp³-hybridized carbons (Fsp3) is 0.188. The minimum absolute atomic E-state index is 0.0253. The number of aryl methyl sites for hydroxylation is 1. The van der Waals surface area contributed by atoms with E-state index in [-0.39, 0.29) is 22.4 Å². The monoisotopic (exact) mass is 364 g/mol. The van der Waals surface area contributed by atoms with Crippen molar-refractivity contribution in [2.75, 3.05) is 5.32 Å². The zero-order valence-electron chi connectivity index (χ0n) is 13.1. The lowest BCUT2D eigenvalue weighted by Crippen LogP contribution is -2.17. The van der Waals surface area contributed by atoms with Crippen molar-refractivity contribution in [3.05, 3.63) is 59.8 Å². The first-order valence-electron chi connectivity index (χ1n) is 7.31. The third-order valence-electron chi connectivity index (χ3n) is 3.28. The summed E-state index contributed by atoms with van der Waals surface area (Å²) in [7, 11) is 0. The minimum atomic E-state index is -2.66. The molecule has 1 N–H and O–H groups in total. The Morgan fingerprint density at radius 2 is 2.16 bits per heavy atom. The number of anilines is 1. The van der Waals surface area contributed by atoms with Crippen LogP contribution in [0.1, 0.15) is 21.9 Å². The second kappa shape index (κ2) is 7.47. The first kappa shape index (κ1) is 17.2. The molecule has 0 aliphatic carbocycles. The first-order valence-corrected chi connectivity index (χ1v) is 8.19. The van der Waals surface area contributed by atoms with Crippen LogP contribution in [0.15, 0.2) is 52.2 Å². The van der Waals surface area contributed by atoms with Crippen LogP contribution in [0.25, 0.3) is 0 Å². The van der Waals surface area contributed by atoms with Gasteiger partial charge < -0.3 is 9.73 Å². The molecule has 130 valence electrons. The van der Waals surface area contributed by atoms with Gasteiger partial charge in [0.15, 0.2) is 0 Å². The summed E-state index contributed by atoms with van der Waals surface area (Å²) in [6, 6.07) is 8.24. The zero-order chi connectivity index (χ0) is 17.8. The van der Waals surface area contributed by atoms with E-state index in [1.807, 2.05) is 19.1 Å². The van der Waals surface area contributed by atoms with Crippen LogP contribution >= 0.6 is 11.8 Å². The standard InChI is InChI=1S/C16H14F2N4O2S/c1-10-4-5-11(24-10)9-22-13(6-8-20-22)21-14(23)12-3-2-7-19-15(12)25-16(17)18/h2-8,16H,9H2,1H3,(H,21,23). The second-order valence-electron chi connectivity index (χ2n) is 5.08. The molecule has 0 bridgehead atoms. The third-order valence-corrected chi connectivity index (χ3v) is 4.00. The average Bonchev–Trinajstić information content (AvgIpc) is 3.17. The van der Waals surface area contributed by atoms with Crippen LogP contribution in [-0.4, -0.2) is 26.4 Å². The van der Waals surface area contributed by atoms with Crippen molar-refractivity contribution in [1.29, 1.82) is 0 Å². The van der Waals surface area contributed by atoms with E-state index in [0.29, 0.717) is 18.1 Å². The highest BCUT2D eigenvalue weighted by Crippen LogP contribution is 2.26. The number of halogens is 2. The van der Waals surface area contributed by atoms with Gasteiger partial charge in [-0.2, -0.15) is 13.9 Å². The molecule has 0 radical (unpaired) electrons. The molecule has 0 spiro atoms. The second-order valence-corrected chi connectivity index (χ2v) is 6.05. The van der Waals surface area contributed by atoms with Crippen LogP contribution in [0.2, 0.25) is 0 Å². The van der Waals surface area contributed by atoms with Crippen molar-refractivity contribution in [2.45, 2.75) is 24.3 Å². The summed E-state index contributed by atoms with van der Waals surface area (Å²) < 4.78 is 32.3. The summed E-state index contributed by atoms with van der Waals surface area (Å²) in [4.78, 5) is 16.3. The van der Waals surface area contributed by atoms with E-state index in [9.17, 15) is 13.6 Å². The molecule has 25 heavy (non-hydrogen) atoms. The van der Waals surface area contributed by atoms with Crippen molar-refractivity contribution in [3.8, 4) is 0 Å². The first-order chi connectivity index (χ1) is 12.0. The van der Waals surface area contributed by atoms with Gasteiger partial charge in [-0.15, -0.1) is 0 Å². The summed E-state index contributed by atoms with van der Waals surface area (Å²) in [6.07, 6.45) is 2.90. The predicted octanol–water partition coefficient (Wildman–Crippen LogP) is 3.79. The van der Waals surface area contributed by atoms with Crippen molar-refractivity contribution in [2.24, 2.45) is 0 Å². The van der Waals surface area contributed by atoms with Gasteiger partial charge in [0.25, 0.3) is 11.7 Å². The van der Waals surface area contributed by atoms with E-state index in [1.54, 1.807) is 10.7 Å². The van der Waals surface area contributed by atoms with E-state index < -0.39 is 11.7 Å². The fourth-order valence-electron chi connectivity index (χ4n) is 2.21. The van der Waals surface area contributed by atoms with Gasteiger partial charge in [0.1, 0.15) is 28.9 Å². The van der Waals surface area contributed by atoms with Crippen LogP contribution in [0.3, 0.4) is 0 Å². The molecular formula is C16H14F2N4O2S. The lowest BCUT2D eigenvalue weighted by atomic mass is 10.2. The number of furan rings is 1. The molecule has 3 rings (SSSR count). The topological polar surface area (TPSA) is 73.0 Å². The highest BCUT2D eigenvalue weighted by atomic mass is 32.2. The van der Waals surface area contributed by atoms with Crippen LogP contribution in [0.4, 0.5) is 14.6 Å². The summed E-state index contributed by atoms with van der Waals surface area (Å²) in [5, 5.41) is 6.78. The Labute approximate surface area is 146 Å². The lowest BCUT2D eigenvalue weighted by molar-refractivity contribution is 0.102. The molecule has 3 aromatic rings. The minimum Gasteiger partial charge on any atom is -0.464 e. The molecule has 0 unspecified atom stereocenters. The van der Waals surface area contributed by atoms with Gasteiger partial charge >= 0.3 is 0 Å². The molecule has 0 aliphatic rings. The number of alkyl halides is 2. The smallest absolute Gasteiger partial charge is 0.290 e. The summed E-state index contributed by atoms with van der Waals surface area (Å²) in [5.74, 6) is -1.30. The number of nitrogens with zero attached hydrogens (tertiary/aromatic N) is 3. The van der Waals surface area contributed by atoms with Crippen molar-refractivity contribution in [1.82, 2.24) is 14.8 Å². The number of hydrogen-bond acceptors (Lipinski definition) is 5. The number of carbonyl (C=O) groups is 1. The number of amides is 1. The quantitative estimate of drug-likeness (QED) is 0.674. The maximum absolute atomic E-state index is 12.6. The Bertz CT molecular complexity index is 878. The molecule has 3 aromatic heterocycles. The Hall–Kier alpha value is -2.68. The average molecular weight is 364 g/mol. The predicted molar refractivity (Wildman–Crippen MR) is 88.8 cm³/mol. The Balaban J connectivity index is 1.77. The molecule has 0 saturated heterocycles. The van der Waals surface area contributed by atoms with E-state index in [2.05, 4.69) is 15.4 Å². The van der Waals surface area contributed by atoms with Gasteiger partial charge in [-0.05, 0) is 43.0 Å². The van der Waals surface area contributed by atoms with Gasteiger partial charge in [0, 0.05) is 12.3 Å².